The van der Waals surface area contributed by atoms with Crippen molar-refractivity contribution in [2.75, 3.05) is 46.3 Å². The number of piperazine rings is 1. The van der Waals surface area contributed by atoms with Crippen LogP contribution < -0.4 is 0 Å². The topological polar surface area (TPSA) is 39.9 Å². The van der Waals surface area contributed by atoms with Crippen LogP contribution in [0, 0.1) is 5.92 Å². The van der Waals surface area contributed by atoms with Gasteiger partial charge in [0.1, 0.15) is 0 Å². The summed E-state index contributed by atoms with van der Waals surface area (Å²) in [7, 11) is 2.20. The fourth-order valence-corrected chi connectivity index (χ4v) is 4.27. The number of rotatable bonds is 5. The molecule has 1 aromatic carbocycles. The summed E-state index contributed by atoms with van der Waals surface area (Å²) < 4.78 is 5.24. The molecule has 0 unspecified atom stereocenters. The molecule has 4 rings (SSSR count). The molecule has 150 valence electrons. The number of likely N-dealkylation sites (N-methyl/N-ethyl adjacent to an activating group) is 1. The molecule has 5 nitrogen and oxygen atoms in total. The molecule has 0 saturated carbocycles. The third-order valence-electron chi connectivity index (χ3n) is 6.18. The van der Waals surface area contributed by atoms with Crippen LogP contribution in [0.2, 0.25) is 0 Å². The number of carbonyl (C=O) groups is 1. The number of hydrogen-bond donors (Lipinski definition) is 0. The molecule has 1 aromatic heterocycles. The zero-order chi connectivity index (χ0) is 19.3. The fraction of sp³-hybridized carbons (Fsp3) is 0.522. The molecule has 0 atom stereocenters. The Morgan fingerprint density at radius 3 is 2.29 bits per heavy atom. The van der Waals surface area contributed by atoms with Gasteiger partial charge < -0.3 is 14.2 Å². The largest absolute Gasteiger partial charge is 0.459 e. The molecule has 2 saturated heterocycles. The Hall–Kier alpha value is -2.11. The van der Waals surface area contributed by atoms with E-state index < -0.39 is 0 Å². The molecule has 2 fully saturated rings. The van der Waals surface area contributed by atoms with Crippen molar-refractivity contribution in [2.45, 2.75) is 25.8 Å². The van der Waals surface area contributed by atoms with Crippen molar-refractivity contribution in [3.05, 3.63) is 59.5 Å². The fourth-order valence-electron chi connectivity index (χ4n) is 4.27. The van der Waals surface area contributed by atoms with Crippen LogP contribution in [-0.2, 0) is 13.0 Å². The van der Waals surface area contributed by atoms with Crippen molar-refractivity contribution in [3.8, 4) is 0 Å². The number of furan rings is 1. The molecule has 0 radical (unpaired) electrons. The van der Waals surface area contributed by atoms with E-state index >= 15 is 0 Å². The van der Waals surface area contributed by atoms with Crippen LogP contribution in [-0.4, -0.2) is 66.9 Å². The van der Waals surface area contributed by atoms with Crippen molar-refractivity contribution in [1.29, 1.82) is 0 Å². The standard InChI is InChI=1S/C23H31N3O2/c1-24-12-14-25(15-13-24)18-21-6-4-19(5-7-21)17-20-8-10-26(11-9-20)23(27)22-3-2-16-28-22/h2-7,16,20H,8-15,17-18H2,1H3. The Morgan fingerprint density at radius 1 is 0.964 bits per heavy atom. The summed E-state index contributed by atoms with van der Waals surface area (Å²) in [5.41, 5.74) is 2.82. The maximum Gasteiger partial charge on any atom is 0.289 e. The van der Waals surface area contributed by atoms with Gasteiger partial charge in [-0.3, -0.25) is 9.69 Å². The van der Waals surface area contributed by atoms with Crippen LogP contribution in [0.5, 0.6) is 0 Å². The van der Waals surface area contributed by atoms with Gasteiger partial charge in [-0.25, -0.2) is 0 Å². The van der Waals surface area contributed by atoms with Gasteiger partial charge >= 0.3 is 0 Å². The highest BCUT2D eigenvalue weighted by atomic mass is 16.3. The van der Waals surface area contributed by atoms with E-state index in [1.807, 2.05) is 4.90 Å². The van der Waals surface area contributed by atoms with Gasteiger partial charge in [0.05, 0.1) is 6.26 Å². The predicted molar refractivity (Wildman–Crippen MR) is 110 cm³/mol. The lowest BCUT2D eigenvalue weighted by Crippen LogP contribution is -2.43. The number of carbonyl (C=O) groups excluding carboxylic acids is 1. The minimum atomic E-state index is 0.0247. The molecule has 0 bridgehead atoms. The van der Waals surface area contributed by atoms with Crippen molar-refractivity contribution >= 4 is 5.91 Å². The maximum atomic E-state index is 12.4. The molecular formula is C23H31N3O2. The number of nitrogens with zero attached hydrogens (tertiary/aromatic N) is 3. The van der Waals surface area contributed by atoms with E-state index in [0.29, 0.717) is 11.7 Å². The second-order valence-corrected chi connectivity index (χ2v) is 8.31. The van der Waals surface area contributed by atoms with Crippen molar-refractivity contribution in [2.24, 2.45) is 5.92 Å². The van der Waals surface area contributed by atoms with Gasteiger partial charge in [-0.05, 0) is 55.5 Å². The summed E-state index contributed by atoms with van der Waals surface area (Å²) in [6.45, 7) is 7.36. The van der Waals surface area contributed by atoms with E-state index in [0.717, 1.165) is 52.0 Å². The van der Waals surface area contributed by atoms with Gasteiger partial charge in [-0.2, -0.15) is 0 Å². The molecule has 28 heavy (non-hydrogen) atoms. The van der Waals surface area contributed by atoms with Gasteiger partial charge in [0, 0.05) is 45.8 Å². The SMILES string of the molecule is CN1CCN(Cc2ccc(CC3CCN(C(=O)c4ccco4)CC3)cc2)CC1. The monoisotopic (exact) mass is 381 g/mol. The normalized spacial score (nSPS) is 19.8. The van der Waals surface area contributed by atoms with Crippen LogP contribution in [0.1, 0.15) is 34.5 Å². The first-order valence-corrected chi connectivity index (χ1v) is 10.5. The van der Waals surface area contributed by atoms with Crippen LogP contribution >= 0.6 is 0 Å². The Morgan fingerprint density at radius 2 is 1.64 bits per heavy atom. The maximum absolute atomic E-state index is 12.4. The summed E-state index contributed by atoms with van der Waals surface area (Å²) in [5.74, 6) is 1.13. The van der Waals surface area contributed by atoms with E-state index in [2.05, 4.69) is 41.1 Å². The lowest BCUT2D eigenvalue weighted by atomic mass is 9.90. The number of piperidine rings is 1. The molecule has 5 heteroatoms. The lowest BCUT2D eigenvalue weighted by Gasteiger charge is -2.32. The first-order valence-electron chi connectivity index (χ1n) is 10.5. The van der Waals surface area contributed by atoms with E-state index in [9.17, 15) is 4.79 Å². The molecule has 0 spiro atoms. The molecule has 0 aliphatic carbocycles. The predicted octanol–water partition coefficient (Wildman–Crippen LogP) is 3.12. The van der Waals surface area contributed by atoms with Crippen LogP contribution in [0.3, 0.4) is 0 Å². The van der Waals surface area contributed by atoms with E-state index in [1.165, 1.54) is 24.2 Å². The van der Waals surface area contributed by atoms with E-state index in [-0.39, 0.29) is 5.91 Å². The zero-order valence-electron chi connectivity index (χ0n) is 16.8. The molecule has 0 N–H and O–H groups in total. The number of likely N-dealkylation sites (tertiary alicyclic amines) is 1. The van der Waals surface area contributed by atoms with Gasteiger partial charge in [0.2, 0.25) is 0 Å². The van der Waals surface area contributed by atoms with Crippen molar-refractivity contribution in [1.82, 2.24) is 14.7 Å². The Balaban J connectivity index is 1.23. The number of hydrogen-bond acceptors (Lipinski definition) is 4. The Labute approximate surface area is 167 Å². The molecule has 2 aliphatic rings. The number of amides is 1. The average molecular weight is 382 g/mol. The second-order valence-electron chi connectivity index (χ2n) is 8.31. The van der Waals surface area contributed by atoms with Crippen LogP contribution in [0.25, 0.3) is 0 Å². The van der Waals surface area contributed by atoms with E-state index in [1.54, 1.807) is 18.4 Å². The summed E-state index contributed by atoms with van der Waals surface area (Å²) in [4.78, 5) is 19.2. The minimum Gasteiger partial charge on any atom is -0.459 e. The van der Waals surface area contributed by atoms with Crippen molar-refractivity contribution < 1.29 is 9.21 Å². The Bertz CT molecular complexity index is 741. The Kier molecular flexibility index (Phi) is 6.13. The number of benzene rings is 1. The molecule has 2 aromatic rings. The van der Waals surface area contributed by atoms with E-state index in [4.69, 9.17) is 4.42 Å². The average Bonchev–Trinajstić information content (AvgIpc) is 3.26. The first-order chi connectivity index (χ1) is 13.7. The highest BCUT2D eigenvalue weighted by Gasteiger charge is 2.25. The third-order valence-corrected chi connectivity index (χ3v) is 6.18. The summed E-state index contributed by atoms with van der Waals surface area (Å²) in [6.07, 6.45) is 4.80. The zero-order valence-corrected chi connectivity index (χ0v) is 16.8. The highest BCUT2D eigenvalue weighted by molar-refractivity contribution is 5.91. The molecular weight excluding hydrogens is 350 g/mol. The van der Waals surface area contributed by atoms with Gasteiger partial charge in [0.15, 0.2) is 5.76 Å². The smallest absolute Gasteiger partial charge is 0.289 e. The molecule has 3 heterocycles. The quantitative estimate of drug-likeness (QED) is 0.798. The van der Waals surface area contributed by atoms with Gasteiger partial charge in [0.25, 0.3) is 5.91 Å². The summed E-state index contributed by atoms with van der Waals surface area (Å²) in [6, 6.07) is 12.7. The second kappa shape index (κ2) is 8.93. The summed E-state index contributed by atoms with van der Waals surface area (Å²) >= 11 is 0. The van der Waals surface area contributed by atoms with Gasteiger partial charge in [-0.1, -0.05) is 24.3 Å². The molecule has 1 amide bonds. The highest BCUT2D eigenvalue weighted by Crippen LogP contribution is 2.23. The van der Waals surface area contributed by atoms with Gasteiger partial charge in [-0.15, -0.1) is 0 Å². The minimum absolute atomic E-state index is 0.0247. The molecule has 2 aliphatic heterocycles. The third kappa shape index (κ3) is 4.83. The van der Waals surface area contributed by atoms with Crippen molar-refractivity contribution in [3.63, 3.8) is 0 Å². The first kappa shape index (κ1) is 19.2. The van der Waals surface area contributed by atoms with Crippen LogP contribution in [0.15, 0.2) is 47.1 Å². The van der Waals surface area contributed by atoms with Crippen LogP contribution in [0.4, 0.5) is 0 Å². The summed E-state index contributed by atoms with van der Waals surface area (Å²) in [5, 5.41) is 0. The lowest BCUT2D eigenvalue weighted by molar-refractivity contribution is 0.0658.